The van der Waals surface area contributed by atoms with Crippen molar-refractivity contribution >= 4 is 5.91 Å². The van der Waals surface area contributed by atoms with Crippen LogP contribution in [0.25, 0.3) is 0 Å². The fourth-order valence-corrected chi connectivity index (χ4v) is 2.55. The van der Waals surface area contributed by atoms with E-state index in [-0.39, 0.29) is 11.5 Å². The lowest BCUT2D eigenvalue weighted by Crippen LogP contribution is -2.32. The lowest BCUT2D eigenvalue weighted by Gasteiger charge is -2.35. The van der Waals surface area contributed by atoms with E-state index in [0.29, 0.717) is 6.54 Å². The van der Waals surface area contributed by atoms with Crippen LogP contribution in [0.1, 0.15) is 59.3 Å². The van der Waals surface area contributed by atoms with E-state index in [9.17, 15) is 4.79 Å². The fourth-order valence-electron chi connectivity index (χ4n) is 2.55. The molecule has 0 spiro atoms. The summed E-state index contributed by atoms with van der Waals surface area (Å²) in [6, 6.07) is 0. The van der Waals surface area contributed by atoms with Crippen molar-refractivity contribution in [3.63, 3.8) is 0 Å². The highest BCUT2D eigenvalue weighted by atomic mass is 16.5. The molecule has 0 bridgehead atoms. The summed E-state index contributed by atoms with van der Waals surface area (Å²) in [5.41, 5.74) is 3.13. The van der Waals surface area contributed by atoms with Gasteiger partial charge >= 0.3 is 0 Å². The Hall–Kier alpha value is -1.09. The predicted octanol–water partition coefficient (Wildman–Crippen LogP) is 3.75. The molecule has 3 nitrogen and oxygen atoms in total. The van der Waals surface area contributed by atoms with Gasteiger partial charge in [-0.05, 0) is 65.4 Å². The zero-order chi connectivity index (χ0) is 15.0. The van der Waals surface area contributed by atoms with Crippen LogP contribution in [0.15, 0.2) is 23.8 Å². The Balaban J connectivity index is 2.14. The molecule has 1 amide bonds. The standard InChI is InChI=1S/C17H29NO2/c1-5-16(19)18-12-6-7-13-20-17(4)10-8-15(9-11-17)14(2)3/h5H,1,6-13H2,2-4H3,(H,18,19). The van der Waals surface area contributed by atoms with Gasteiger partial charge in [0.2, 0.25) is 5.91 Å². The monoisotopic (exact) mass is 279 g/mol. The number of hydrogen-bond donors (Lipinski definition) is 1. The number of carbonyl (C=O) groups excluding carboxylic acids is 1. The van der Waals surface area contributed by atoms with Crippen LogP contribution in [0, 0.1) is 0 Å². The summed E-state index contributed by atoms with van der Waals surface area (Å²) < 4.78 is 6.08. The van der Waals surface area contributed by atoms with Crippen LogP contribution < -0.4 is 5.32 Å². The predicted molar refractivity (Wildman–Crippen MR) is 83.6 cm³/mol. The molecule has 1 saturated carbocycles. The number of carbonyl (C=O) groups is 1. The first-order valence-corrected chi connectivity index (χ1v) is 7.66. The first-order valence-electron chi connectivity index (χ1n) is 7.66. The van der Waals surface area contributed by atoms with Crippen molar-refractivity contribution in [1.82, 2.24) is 5.32 Å². The van der Waals surface area contributed by atoms with Gasteiger partial charge in [0.25, 0.3) is 0 Å². The normalized spacial score (nSPS) is 22.4. The summed E-state index contributed by atoms with van der Waals surface area (Å²) in [6.07, 6.45) is 7.85. The summed E-state index contributed by atoms with van der Waals surface area (Å²) in [4.78, 5) is 11.0. The molecular weight excluding hydrogens is 250 g/mol. The van der Waals surface area contributed by atoms with Gasteiger partial charge in [-0.15, -0.1) is 0 Å². The zero-order valence-corrected chi connectivity index (χ0v) is 13.3. The summed E-state index contributed by atoms with van der Waals surface area (Å²) in [5, 5.41) is 2.78. The molecule has 1 aliphatic carbocycles. The van der Waals surface area contributed by atoms with Crippen molar-refractivity contribution in [3.8, 4) is 0 Å². The lowest BCUT2D eigenvalue weighted by atomic mass is 9.82. The van der Waals surface area contributed by atoms with Crippen LogP contribution in [0.4, 0.5) is 0 Å². The third kappa shape index (κ3) is 5.91. The highest BCUT2D eigenvalue weighted by Crippen LogP contribution is 2.35. The number of ether oxygens (including phenoxy) is 1. The van der Waals surface area contributed by atoms with Gasteiger partial charge in [0.15, 0.2) is 0 Å². The molecule has 0 aliphatic heterocycles. The number of nitrogens with one attached hydrogen (secondary N) is 1. The average Bonchev–Trinajstić information content (AvgIpc) is 2.42. The van der Waals surface area contributed by atoms with Crippen LogP contribution in [-0.4, -0.2) is 24.7 Å². The van der Waals surface area contributed by atoms with Crippen molar-refractivity contribution in [1.29, 1.82) is 0 Å². The number of unbranched alkanes of at least 4 members (excludes halogenated alkanes) is 1. The smallest absolute Gasteiger partial charge is 0.243 e. The van der Waals surface area contributed by atoms with E-state index in [1.54, 1.807) is 5.57 Å². The molecule has 0 saturated heterocycles. The number of rotatable bonds is 7. The van der Waals surface area contributed by atoms with Crippen molar-refractivity contribution in [2.75, 3.05) is 13.2 Å². The minimum Gasteiger partial charge on any atom is -0.375 e. The fraction of sp³-hybridized carbons (Fsp3) is 0.706. The van der Waals surface area contributed by atoms with Crippen molar-refractivity contribution in [2.45, 2.75) is 64.9 Å². The lowest BCUT2D eigenvalue weighted by molar-refractivity contribution is -0.116. The second-order valence-electron chi connectivity index (χ2n) is 6.10. The van der Waals surface area contributed by atoms with E-state index in [0.717, 1.165) is 32.3 Å². The Labute approximate surface area is 123 Å². The maximum Gasteiger partial charge on any atom is 0.243 e. The molecule has 1 rings (SSSR count). The molecule has 0 unspecified atom stereocenters. The minimum atomic E-state index is -0.0978. The maximum absolute atomic E-state index is 11.0. The van der Waals surface area contributed by atoms with E-state index in [1.165, 1.54) is 24.5 Å². The summed E-state index contributed by atoms with van der Waals surface area (Å²) in [5.74, 6) is -0.0978. The number of allylic oxidation sites excluding steroid dienone is 2. The second-order valence-corrected chi connectivity index (χ2v) is 6.10. The first kappa shape index (κ1) is 17.0. The van der Waals surface area contributed by atoms with E-state index >= 15 is 0 Å². The molecule has 1 N–H and O–H groups in total. The average molecular weight is 279 g/mol. The molecule has 20 heavy (non-hydrogen) atoms. The van der Waals surface area contributed by atoms with Gasteiger partial charge in [0.05, 0.1) is 5.60 Å². The summed E-state index contributed by atoms with van der Waals surface area (Å²) in [7, 11) is 0. The molecule has 0 aromatic carbocycles. The molecule has 0 aromatic heterocycles. The number of hydrogen-bond acceptors (Lipinski definition) is 2. The van der Waals surface area contributed by atoms with Gasteiger partial charge in [-0.25, -0.2) is 0 Å². The molecule has 114 valence electrons. The Morgan fingerprint density at radius 3 is 2.55 bits per heavy atom. The Bertz CT molecular complexity index is 357. The van der Waals surface area contributed by atoms with Crippen LogP contribution in [-0.2, 0) is 9.53 Å². The van der Waals surface area contributed by atoms with Crippen molar-refractivity contribution in [2.24, 2.45) is 0 Å². The van der Waals surface area contributed by atoms with E-state index in [2.05, 4.69) is 32.7 Å². The third-order valence-corrected chi connectivity index (χ3v) is 4.12. The molecular formula is C17H29NO2. The van der Waals surface area contributed by atoms with Crippen molar-refractivity contribution in [3.05, 3.63) is 23.8 Å². The van der Waals surface area contributed by atoms with Crippen molar-refractivity contribution < 1.29 is 9.53 Å². The largest absolute Gasteiger partial charge is 0.375 e. The molecule has 0 atom stereocenters. The van der Waals surface area contributed by atoms with Gasteiger partial charge in [-0.2, -0.15) is 0 Å². The van der Waals surface area contributed by atoms with Gasteiger partial charge in [-0.1, -0.05) is 17.7 Å². The minimum absolute atomic E-state index is 0.0450. The van der Waals surface area contributed by atoms with E-state index in [4.69, 9.17) is 4.74 Å². The topological polar surface area (TPSA) is 38.3 Å². The van der Waals surface area contributed by atoms with Gasteiger partial charge in [0, 0.05) is 13.2 Å². The highest BCUT2D eigenvalue weighted by Gasteiger charge is 2.29. The van der Waals surface area contributed by atoms with E-state index < -0.39 is 0 Å². The third-order valence-electron chi connectivity index (χ3n) is 4.12. The first-order chi connectivity index (χ1) is 9.47. The maximum atomic E-state index is 11.0. The Kier molecular flexibility index (Phi) is 7.00. The van der Waals surface area contributed by atoms with Gasteiger partial charge in [0.1, 0.15) is 0 Å². The SMILES string of the molecule is C=CC(=O)NCCCCOC1(C)CCC(=C(C)C)CC1. The molecule has 1 aliphatic rings. The quantitative estimate of drug-likeness (QED) is 0.438. The summed E-state index contributed by atoms with van der Waals surface area (Å²) in [6.45, 7) is 11.5. The molecule has 1 fully saturated rings. The Morgan fingerprint density at radius 2 is 2.00 bits per heavy atom. The van der Waals surface area contributed by atoms with Crippen LogP contribution in [0.3, 0.4) is 0 Å². The molecule has 0 heterocycles. The number of amides is 1. The Morgan fingerprint density at radius 1 is 1.35 bits per heavy atom. The molecule has 0 aromatic rings. The van der Waals surface area contributed by atoms with E-state index in [1.807, 2.05) is 0 Å². The second kappa shape index (κ2) is 8.25. The molecule has 3 heteroatoms. The zero-order valence-electron chi connectivity index (χ0n) is 13.3. The van der Waals surface area contributed by atoms with Gasteiger partial charge < -0.3 is 10.1 Å². The highest BCUT2D eigenvalue weighted by molar-refractivity contribution is 5.86. The van der Waals surface area contributed by atoms with Crippen LogP contribution >= 0.6 is 0 Å². The molecule has 0 radical (unpaired) electrons. The van der Waals surface area contributed by atoms with Crippen LogP contribution in [0.2, 0.25) is 0 Å². The van der Waals surface area contributed by atoms with Crippen LogP contribution in [0.5, 0.6) is 0 Å². The van der Waals surface area contributed by atoms with Gasteiger partial charge in [-0.3, -0.25) is 4.79 Å². The summed E-state index contributed by atoms with van der Waals surface area (Å²) >= 11 is 0.